The zero-order valence-electron chi connectivity index (χ0n) is 13.5. The van der Waals surface area contributed by atoms with E-state index >= 15 is 0 Å². The summed E-state index contributed by atoms with van der Waals surface area (Å²) in [6.45, 7) is 6.60. The molecule has 1 aromatic heterocycles. The molecular weight excluding hydrogens is 256 g/mol. The van der Waals surface area contributed by atoms with Crippen molar-refractivity contribution < 1.29 is 0 Å². The lowest BCUT2D eigenvalue weighted by Crippen LogP contribution is -2.07. The van der Waals surface area contributed by atoms with Crippen LogP contribution in [0.25, 0.3) is 5.69 Å². The van der Waals surface area contributed by atoms with Crippen molar-refractivity contribution in [2.75, 3.05) is 0 Å². The van der Waals surface area contributed by atoms with Gasteiger partial charge in [0.15, 0.2) is 0 Å². The highest BCUT2D eigenvalue weighted by molar-refractivity contribution is 5.40. The number of hydrogen-bond acceptors (Lipinski definition) is 1. The molecule has 1 saturated carbocycles. The summed E-state index contributed by atoms with van der Waals surface area (Å²) >= 11 is 0. The third-order valence-electron chi connectivity index (χ3n) is 4.95. The van der Waals surface area contributed by atoms with Crippen LogP contribution in [0, 0.1) is 13.8 Å². The Morgan fingerprint density at radius 2 is 1.71 bits per heavy atom. The summed E-state index contributed by atoms with van der Waals surface area (Å²) in [6.07, 6.45) is 7.91. The molecule has 1 heterocycles. The van der Waals surface area contributed by atoms with E-state index in [0.29, 0.717) is 0 Å². The van der Waals surface area contributed by atoms with E-state index in [9.17, 15) is 0 Å². The van der Waals surface area contributed by atoms with Crippen molar-refractivity contribution >= 4 is 0 Å². The third-order valence-corrected chi connectivity index (χ3v) is 4.95. The van der Waals surface area contributed by atoms with E-state index in [2.05, 4.69) is 49.7 Å². The van der Waals surface area contributed by atoms with Crippen molar-refractivity contribution in [2.45, 2.75) is 65.2 Å². The minimum Gasteiger partial charge on any atom is -0.238 e. The molecule has 0 bridgehead atoms. The van der Waals surface area contributed by atoms with Crippen LogP contribution in [0.4, 0.5) is 0 Å². The van der Waals surface area contributed by atoms with E-state index in [-0.39, 0.29) is 0 Å². The first-order chi connectivity index (χ1) is 10.2. The first-order valence-corrected chi connectivity index (χ1v) is 8.36. The number of aromatic nitrogens is 2. The lowest BCUT2D eigenvalue weighted by molar-refractivity contribution is 0.441. The topological polar surface area (TPSA) is 17.8 Å². The summed E-state index contributed by atoms with van der Waals surface area (Å²) in [6, 6.07) is 8.82. The molecule has 0 spiro atoms. The summed E-state index contributed by atoms with van der Waals surface area (Å²) in [5, 5.41) is 4.83. The maximum Gasteiger partial charge on any atom is 0.0649 e. The summed E-state index contributed by atoms with van der Waals surface area (Å²) in [4.78, 5) is 0. The van der Waals surface area contributed by atoms with Crippen molar-refractivity contribution in [3.8, 4) is 5.69 Å². The predicted molar refractivity (Wildman–Crippen MR) is 88.2 cm³/mol. The van der Waals surface area contributed by atoms with Gasteiger partial charge in [-0.1, -0.05) is 38.3 Å². The molecule has 0 unspecified atom stereocenters. The molecule has 2 aromatic rings. The fourth-order valence-electron chi connectivity index (χ4n) is 3.76. The molecule has 0 N–H and O–H groups in total. The molecule has 1 aromatic carbocycles. The fourth-order valence-corrected chi connectivity index (χ4v) is 3.76. The van der Waals surface area contributed by atoms with E-state index in [1.165, 1.54) is 60.3 Å². The normalized spacial score (nSPS) is 16.3. The number of aryl methyl sites for hydroxylation is 2. The Bertz CT molecular complexity index is 601. The minimum atomic E-state index is 0.724. The fraction of sp³-hybridized carbons (Fsp3) is 0.526. The van der Waals surface area contributed by atoms with Gasteiger partial charge in [0.2, 0.25) is 0 Å². The number of nitrogens with zero attached hydrogens (tertiary/aromatic N) is 2. The van der Waals surface area contributed by atoms with Crippen LogP contribution in [0.2, 0.25) is 0 Å². The van der Waals surface area contributed by atoms with Gasteiger partial charge in [-0.25, -0.2) is 4.68 Å². The summed E-state index contributed by atoms with van der Waals surface area (Å²) in [5.41, 5.74) is 6.64. The SMILES string of the molecule is CCc1ccc(-n2nc(C)c(C3CCCCC3)c2C)cc1. The van der Waals surface area contributed by atoms with Crippen LogP contribution >= 0.6 is 0 Å². The highest BCUT2D eigenvalue weighted by Gasteiger charge is 2.23. The van der Waals surface area contributed by atoms with Crippen LogP contribution in [0.1, 0.15) is 67.5 Å². The minimum absolute atomic E-state index is 0.724. The lowest BCUT2D eigenvalue weighted by atomic mass is 9.83. The van der Waals surface area contributed by atoms with E-state index in [4.69, 9.17) is 5.10 Å². The van der Waals surface area contributed by atoms with Crippen molar-refractivity contribution in [1.29, 1.82) is 0 Å². The molecule has 0 radical (unpaired) electrons. The summed E-state index contributed by atoms with van der Waals surface area (Å²) in [5.74, 6) is 0.724. The van der Waals surface area contributed by atoms with Crippen molar-refractivity contribution in [2.24, 2.45) is 0 Å². The molecule has 3 rings (SSSR count). The molecule has 112 valence electrons. The Hall–Kier alpha value is -1.57. The molecular formula is C19H26N2. The van der Waals surface area contributed by atoms with Crippen LogP contribution in [0.3, 0.4) is 0 Å². The van der Waals surface area contributed by atoms with E-state index < -0.39 is 0 Å². The van der Waals surface area contributed by atoms with Crippen molar-refractivity contribution in [1.82, 2.24) is 9.78 Å². The van der Waals surface area contributed by atoms with Gasteiger partial charge in [-0.15, -0.1) is 0 Å². The molecule has 0 amide bonds. The van der Waals surface area contributed by atoms with Crippen molar-refractivity contribution in [3.05, 3.63) is 46.8 Å². The average Bonchev–Trinajstić information content (AvgIpc) is 2.83. The van der Waals surface area contributed by atoms with Gasteiger partial charge < -0.3 is 0 Å². The Morgan fingerprint density at radius 3 is 2.33 bits per heavy atom. The second-order valence-electron chi connectivity index (χ2n) is 6.35. The van der Waals surface area contributed by atoms with E-state index in [1.807, 2.05) is 0 Å². The number of rotatable bonds is 3. The average molecular weight is 282 g/mol. The zero-order chi connectivity index (χ0) is 14.8. The van der Waals surface area contributed by atoms with Gasteiger partial charge in [0.05, 0.1) is 11.4 Å². The van der Waals surface area contributed by atoms with Gasteiger partial charge in [0.1, 0.15) is 0 Å². The molecule has 1 fully saturated rings. The second kappa shape index (κ2) is 6.05. The zero-order valence-corrected chi connectivity index (χ0v) is 13.5. The lowest BCUT2D eigenvalue weighted by Gasteiger charge is -2.22. The summed E-state index contributed by atoms with van der Waals surface area (Å²) < 4.78 is 2.14. The third kappa shape index (κ3) is 2.76. The number of hydrogen-bond donors (Lipinski definition) is 0. The molecule has 0 atom stereocenters. The van der Waals surface area contributed by atoms with Gasteiger partial charge in [-0.05, 0) is 62.3 Å². The highest BCUT2D eigenvalue weighted by atomic mass is 15.3. The van der Waals surface area contributed by atoms with Gasteiger partial charge in [0, 0.05) is 5.69 Å². The molecule has 0 saturated heterocycles. The molecule has 0 aliphatic heterocycles. The van der Waals surface area contributed by atoms with Gasteiger partial charge in [-0.2, -0.15) is 5.10 Å². The predicted octanol–water partition coefficient (Wildman–Crippen LogP) is 5.10. The highest BCUT2D eigenvalue weighted by Crippen LogP contribution is 2.36. The Balaban J connectivity index is 1.96. The summed E-state index contributed by atoms with van der Waals surface area (Å²) in [7, 11) is 0. The van der Waals surface area contributed by atoms with Gasteiger partial charge in [-0.3, -0.25) is 0 Å². The Morgan fingerprint density at radius 1 is 1.05 bits per heavy atom. The largest absolute Gasteiger partial charge is 0.238 e. The van der Waals surface area contributed by atoms with Crippen LogP contribution in [0.5, 0.6) is 0 Å². The van der Waals surface area contributed by atoms with E-state index in [0.717, 1.165) is 12.3 Å². The molecule has 1 aliphatic rings. The standard InChI is InChI=1S/C19H26N2/c1-4-16-10-12-18(13-11-16)21-15(3)19(14(2)20-21)17-8-6-5-7-9-17/h10-13,17H,4-9H2,1-3H3. The molecule has 21 heavy (non-hydrogen) atoms. The van der Waals surface area contributed by atoms with Crippen molar-refractivity contribution in [3.63, 3.8) is 0 Å². The molecule has 1 aliphatic carbocycles. The van der Waals surface area contributed by atoms with E-state index in [1.54, 1.807) is 0 Å². The monoisotopic (exact) mass is 282 g/mol. The second-order valence-corrected chi connectivity index (χ2v) is 6.35. The maximum absolute atomic E-state index is 4.83. The molecule has 2 nitrogen and oxygen atoms in total. The van der Waals surface area contributed by atoms with Crippen LogP contribution in [0.15, 0.2) is 24.3 Å². The first-order valence-electron chi connectivity index (χ1n) is 8.36. The maximum atomic E-state index is 4.83. The Kier molecular flexibility index (Phi) is 4.14. The first kappa shape index (κ1) is 14.4. The van der Waals surface area contributed by atoms with Crippen LogP contribution in [-0.4, -0.2) is 9.78 Å². The van der Waals surface area contributed by atoms with Crippen LogP contribution < -0.4 is 0 Å². The Labute approximate surface area is 128 Å². The smallest absolute Gasteiger partial charge is 0.0649 e. The van der Waals surface area contributed by atoms with Crippen LogP contribution in [-0.2, 0) is 6.42 Å². The quantitative estimate of drug-likeness (QED) is 0.766. The van der Waals surface area contributed by atoms with Gasteiger partial charge >= 0.3 is 0 Å². The molecule has 2 heteroatoms. The number of benzene rings is 1. The van der Waals surface area contributed by atoms with Gasteiger partial charge in [0.25, 0.3) is 0 Å².